The van der Waals surface area contributed by atoms with Crippen LogP contribution in [0.3, 0.4) is 0 Å². The van der Waals surface area contributed by atoms with Crippen molar-refractivity contribution in [3.8, 4) is 0 Å². The standard InChI is InChI=1S/C13H21NO5/c1-3-6-14(8-11(15)19-2)12(16)9-4-5-10(7-9)13(17)18/h9-10H,3-8H2,1-2H3,(H,17,18)/t9-,10+/m1/s1. The molecule has 6 heteroatoms. The van der Waals surface area contributed by atoms with Crippen LogP contribution >= 0.6 is 0 Å². The molecule has 1 amide bonds. The highest BCUT2D eigenvalue weighted by Gasteiger charge is 2.36. The second-order valence-corrected chi connectivity index (χ2v) is 4.88. The Morgan fingerprint density at radius 1 is 1.26 bits per heavy atom. The molecule has 0 radical (unpaired) electrons. The van der Waals surface area contributed by atoms with Gasteiger partial charge in [0.2, 0.25) is 5.91 Å². The van der Waals surface area contributed by atoms with Gasteiger partial charge in [-0.2, -0.15) is 0 Å². The Bertz CT molecular complexity index is 355. The van der Waals surface area contributed by atoms with Crippen molar-refractivity contribution >= 4 is 17.8 Å². The number of carbonyl (C=O) groups excluding carboxylic acids is 2. The first-order valence-electron chi connectivity index (χ1n) is 6.58. The maximum atomic E-state index is 12.3. The van der Waals surface area contributed by atoms with E-state index in [4.69, 9.17) is 5.11 Å². The van der Waals surface area contributed by atoms with Gasteiger partial charge in [0, 0.05) is 12.5 Å². The first kappa shape index (κ1) is 15.5. The number of carboxylic acid groups (broad SMARTS) is 1. The Morgan fingerprint density at radius 2 is 1.89 bits per heavy atom. The molecule has 0 spiro atoms. The van der Waals surface area contributed by atoms with Gasteiger partial charge < -0.3 is 14.7 Å². The maximum Gasteiger partial charge on any atom is 0.325 e. The lowest BCUT2D eigenvalue weighted by Crippen LogP contribution is -2.40. The molecule has 1 aliphatic rings. The van der Waals surface area contributed by atoms with Crippen molar-refractivity contribution in [2.75, 3.05) is 20.2 Å². The molecule has 0 aromatic heterocycles. The highest BCUT2D eigenvalue weighted by Crippen LogP contribution is 2.32. The molecule has 1 fully saturated rings. The highest BCUT2D eigenvalue weighted by molar-refractivity contribution is 5.84. The number of nitrogens with zero attached hydrogens (tertiary/aromatic N) is 1. The molecule has 0 bridgehead atoms. The topological polar surface area (TPSA) is 83.9 Å². The first-order valence-corrected chi connectivity index (χ1v) is 6.58. The molecule has 0 saturated heterocycles. The molecule has 108 valence electrons. The third-order valence-electron chi connectivity index (χ3n) is 3.48. The molecule has 0 heterocycles. The summed E-state index contributed by atoms with van der Waals surface area (Å²) in [5, 5.41) is 8.94. The number of esters is 1. The fourth-order valence-electron chi connectivity index (χ4n) is 2.45. The molecule has 1 saturated carbocycles. The number of carboxylic acids is 1. The van der Waals surface area contributed by atoms with Crippen LogP contribution in [0.4, 0.5) is 0 Å². The van der Waals surface area contributed by atoms with Crippen LogP contribution in [-0.4, -0.2) is 48.1 Å². The van der Waals surface area contributed by atoms with E-state index >= 15 is 0 Å². The minimum atomic E-state index is -0.842. The molecule has 0 unspecified atom stereocenters. The fraction of sp³-hybridized carbons (Fsp3) is 0.769. The number of ether oxygens (including phenoxy) is 1. The van der Waals surface area contributed by atoms with Crippen LogP contribution in [0.2, 0.25) is 0 Å². The number of amides is 1. The summed E-state index contributed by atoms with van der Waals surface area (Å²) in [6, 6.07) is 0. The molecular weight excluding hydrogens is 250 g/mol. The summed E-state index contributed by atoms with van der Waals surface area (Å²) >= 11 is 0. The van der Waals surface area contributed by atoms with Crippen molar-refractivity contribution in [2.45, 2.75) is 32.6 Å². The average Bonchev–Trinajstić information content (AvgIpc) is 2.86. The summed E-state index contributed by atoms with van der Waals surface area (Å²) in [4.78, 5) is 35.9. The van der Waals surface area contributed by atoms with Crippen LogP contribution in [0, 0.1) is 11.8 Å². The fourth-order valence-corrected chi connectivity index (χ4v) is 2.45. The predicted molar refractivity (Wildman–Crippen MR) is 67.4 cm³/mol. The van der Waals surface area contributed by atoms with E-state index in [9.17, 15) is 14.4 Å². The van der Waals surface area contributed by atoms with Gasteiger partial charge in [-0.1, -0.05) is 6.92 Å². The zero-order chi connectivity index (χ0) is 14.4. The van der Waals surface area contributed by atoms with Crippen LogP contribution in [-0.2, 0) is 19.1 Å². The minimum Gasteiger partial charge on any atom is -0.481 e. The SMILES string of the molecule is CCCN(CC(=O)OC)C(=O)[C@@H]1CC[C@H](C(=O)O)C1. The summed E-state index contributed by atoms with van der Waals surface area (Å²) < 4.78 is 4.57. The van der Waals surface area contributed by atoms with Crippen molar-refractivity contribution < 1.29 is 24.2 Å². The van der Waals surface area contributed by atoms with Crippen molar-refractivity contribution in [1.29, 1.82) is 0 Å². The number of methoxy groups -OCH3 is 1. The Morgan fingerprint density at radius 3 is 2.37 bits per heavy atom. The Hall–Kier alpha value is -1.59. The molecule has 1 N–H and O–H groups in total. The largest absolute Gasteiger partial charge is 0.481 e. The molecule has 2 atom stereocenters. The molecular formula is C13H21NO5. The van der Waals surface area contributed by atoms with Gasteiger partial charge in [-0.3, -0.25) is 14.4 Å². The summed E-state index contributed by atoms with van der Waals surface area (Å²) in [6.07, 6.45) is 2.23. The van der Waals surface area contributed by atoms with Gasteiger partial charge in [0.1, 0.15) is 6.54 Å². The molecule has 0 aliphatic heterocycles. The number of carbonyl (C=O) groups is 3. The van der Waals surface area contributed by atoms with Gasteiger partial charge in [0.05, 0.1) is 13.0 Å². The van der Waals surface area contributed by atoms with Crippen LogP contribution in [0.1, 0.15) is 32.6 Å². The predicted octanol–water partition coefficient (Wildman–Crippen LogP) is 0.899. The average molecular weight is 271 g/mol. The van der Waals surface area contributed by atoms with Gasteiger partial charge in [0.15, 0.2) is 0 Å². The Balaban J connectivity index is 2.61. The number of hydrogen-bond acceptors (Lipinski definition) is 4. The van der Waals surface area contributed by atoms with Crippen LogP contribution in [0.5, 0.6) is 0 Å². The van der Waals surface area contributed by atoms with Crippen molar-refractivity contribution in [3.05, 3.63) is 0 Å². The van der Waals surface area contributed by atoms with E-state index < -0.39 is 17.9 Å². The van der Waals surface area contributed by atoms with Gasteiger partial charge in [-0.25, -0.2) is 0 Å². The Kier molecular flexibility index (Phi) is 5.79. The third-order valence-corrected chi connectivity index (χ3v) is 3.48. The monoisotopic (exact) mass is 271 g/mol. The van der Waals surface area contributed by atoms with E-state index in [1.165, 1.54) is 12.0 Å². The second-order valence-electron chi connectivity index (χ2n) is 4.88. The number of rotatable bonds is 6. The zero-order valence-electron chi connectivity index (χ0n) is 11.4. The molecule has 1 rings (SSSR count). The molecule has 0 aromatic carbocycles. The van der Waals surface area contributed by atoms with E-state index in [-0.39, 0.29) is 18.4 Å². The summed E-state index contributed by atoms with van der Waals surface area (Å²) in [7, 11) is 1.28. The normalized spacial score (nSPS) is 22.0. The lowest BCUT2D eigenvalue weighted by Gasteiger charge is -2.24. The summed E-state index contributed by atoms with van der Waals surface area (Å²) in [5.74, 6) is -2.14. The zero-order valence-corrected chi connectivity index (χ0v) is 11.4. The van der Waals surface area contributed by atoms with Crippen molar-refractivity contribution in [2.24, 2.45) is 11.8 Å². The van der Waals surface area contributed by atoms with Gasteiger partial charge in [-0.05, 0) is 25.7 Å². The number of hydrogen-bond donors (Lipinski definition) is 1. The lowest BCUT2D eigenvalue weighted by molar-refractivity contribution is -0.148. The van der Waals surface area contributed by atoms with E-state index in [2.05, 4.69) is 4.74 Å². The highest BCUT2D eigenvalue weighted by atomic mass is 16.5. The maximum absolute atomic E-state index is 12.3. The van der Waals surface area contributed by atoms with Gasteiger partial charge >= 0.3 is 11.9 Å². The van der Waals surface area contributed by atoms with E-state index in [1.807, 2.05) is 6.92 Å². The third kappa shape index (κ3) is 4.22. The van der Waals surface area contributed by atoms with E-state index in [0.29, 0.717) is 25.8 Å². The quantitative estimate of drug-likeness (QED) is 0.726. The van der Waals surface area contributed by atoms with Gasteiger partial charge in [-0.15, -0.1) is 0 Å². The summed E-state index contributed by atoms with van der Waals surface area (Å²) in [5.41, 5.74) is 0. The molecule has 6 nitrogen and oxygen atoms in total. The Labute approximate surface area is 112 Å². The molecule has 0 aromatic rings. The smallest absolute Gasteiger partial charge is 0.325 e. The first-order chi connectivity index (χ1) is 8.99. The van der Waals surface area contributed by atoms with E-state index in [0.717, 1.165) is 6.42 Å². The lowest BCUT2D eigenvalue weighted by atomic mass is 10.0. The molecule has 1 aliphatic carbocycles. The van der Waals surface area contributed by atoms with E-state index in [1.54, 1.807) is 0 Å². The molecule has 19 heavy (non-hydrogen) atoms. The summed E-state index contributed by atoms with van der Waals surface area (Å²) in [6.45, 7) is 2.35. The number of aliphatic carboxylic acids is 1. The van der Waals surface area contributed by atoms with Crippen LogP contribution in [0.15, 0.2) is 0 Å². The van der Waals surface area contributed by atoms with Crippen molar-refractivity contribution in [1.82, 2.24) is 4.90 Å². The minimum absolute atomic E-state index is 0.0581. The van der Waals surface area contributed by atoms with Crippen molar-refractivity contribution in [3.63, 3.8) is 0 Å². The van der Waals surface area contributed by atoms with Gasteiger partial charge in [0.25, 0.3) is 0 Å². The second kappa shape index (κ2) is 7.11. The van der Waals surface area contributed by atoms with Crippen LogP contribution < -0.4 is 0 Å². The van der Waals surface area contributed by atoms with Crippen LogP contribution in [0.25, 0.3) is 0 Å².